The number of anilines is 2. The number of halogens is 1. The molecule has 2 aliphatic heterocycles. The van der Waals surface area contributed by atoms with Gasteiger partial charge in [0.05, 0.1) is 17.5 Å². The summed E-state index contributed by atoms with van der Waals surface area (Å²) in [4.78, 5) is 4.75. The summed E-state index contributed by atoms with van der Waals surface area (Å²) in [5.74, 6) is -0.546. The minimum atomic E-state index is -4.06. The average molecular weight is 789 g/mol. The van der Waals surface area contributed by atoms with Crippen LogP contribution >= 0.6 is 11.6 Å². The van der Waals surface area contributed by atoms with Gasteiger partial charge >= 0.3 is 0 Å². The molecular weight excluding hydrogens is 740 g/mol. The van der Waals surface area contributed by atoms with Crippen molar-refractivity contribution < 1.29 is 25.9 Å². The van der Waals surface area contributed by atoms with Crippen molar-refractivity contribution in [2.75, 3.05) is 34.4 Å². The highest BCUT2D eigenvalue weighted by atomic mass is 35.5. The van der Waals surface area contributed by atoms with E-state index in [1.54, 1.807) is 5.54 Å². The van der Waals surface area contributed by atoms with Gasteiger partial charge in [0, 0.05) is 46.5 Å². The number of nitrogens with zero attached hydrogens (tertiary/aromatic N) is 2. The van der Waals surface area contributed by atoms with Crippen molar-refractivity contribution in [1.29, 1.82) is 0 Å². The number of rotatable bonds is 12. The van der Waals surface area contributed by atoms with Gasteiger partial charge in [-0.1, -0.05) is 106 Å². The SMILES string of the molecule is CC1(C)C(=C2C=C(C(=CCl)C3N(CCCCS(=O)(=O)O)c4ccc5ccccc5c4C3(C)C)CC2)N(CCCCS(=O)(=O)O)c2ccc3ccccc3c21. The molecule has 11 heteroatoms. The standard InChI is InChI=1S/C43H49ClN2O6S2/c1-42(2)38-33-15-7-5-13-29(33)19-21-36(38)45(23-9-11-25-53(47,48)49)40(42)32-18-17-31(27-32)35(28-44)41-43(3,4)39-34-16-8-6-14-30(34)20-22-37(39)46(41)24-10-12-26-54(50,51)52/h5-8,13-16,19-22,27-28,41H,9-12,17-18,23-26H2,1-4H3,(H,47,48,49)(H,50,51,52). The second kappa shape index (κ2) is 14.4. The molecule has 2 N–H and O–H groups in total. The molecule has 0 saturated carbocycles. The quantitative estimate of drug-likeness (QED) is 0.108. The fourth-order valence-corrected chi connectivity index (χ4v) is 11.0. The van der Waals surface area contributed by atoms with Gasteiger partial charge in [-0.2, -0.15) is 16.8 Å². The topological polar surface area (TPSA) is 115 Å². The maximum Gasteiger partial charge on any atom is 0.264 e. The van der Waals surface area contributed by atoms with Crippen LogP contribution in [-0.2, 0) is 31.1 Å². The molecule has 3 aliphatic rings. The number of hydrogen-bond donors (Lipinski definition) is 2. The summed E-state index contributed by atoms with van der Waals surface area (Å²) >= 11 is 6.92. The van der Waals surface area contributed by atoms with E-state index in [1.807, 2.05) is 6.07 Å². The van der Waals surface area contributed by atoms with Gasteiger partial charge in [0.25, 0.3) is 20.2 Å². The summed E-state index contributed by atoms with van der Waals surface area (Å²) in [6.07, 6.45) is 5.79. The van der Waals surface area contributed by atoms with Crippen LogP contribution in [-0.4, -0.2) is 56.6 Å². The van der Waals surface area contributed by atoms with Gasteiger partial charge in [0.15, 0.2) is 0 Å². The Labute approximate surface area is 324 Å². The van der Waals surface area contributed by atoms with Gasteiger partial charge in [-0.15, -0.1) is 0 Å². The van der Waals surface area contributed by atoms with E-state index in [2.05, 4.69) is 110 Å². The van der Waals surface area contributed by atoms with Crippen molar-refractivity contribution in [1.82, 2.24) is 0 Å². The summed E-state index contributed by atoms with van der Waals surface area (Å²) < 4.78 is 65.2. The van der Waals surface area contributed by atoms with Gasteiger partial charge in [-0.3, -0.25) is 9.11 Å². The molecule has 4 aromatic rings. The Hall–Kier alpha value is -3.67. The predicted octanol–water partition coefficient (Wildman–Crippen LogP) is 9.69. The molecule has 1 unspecified atom stereocenters. The van der Waals surface area contributed by atoms with Crippen molar-refractivity contribution in [2.24, 2.45) is 0 Å². The van der Waals surface area contributed by atoms with Crippen molar-refractivity contribution >= 4 is 64.8 Å². The van der Waals surface area contributed by atoms with Crippen molar-refractivity contribution in [3.05, 3.63) is 118 Å². The van der Waals surface area contributed by atoms with Crippen LogP contribution in [0.5, 0.6) is 0 Å². The lowest BCUT2D eigenvalue weighted by Crippen LogP contribution is -2.44. The Morgan fingerprint density at radius 3 is 1.89 bits per heavy atom. The molecule has 286 valence electrons. The van der Waals surface area contributed by atoms with E-state index in [-0.39, 0.29) is 28.4 Å². The van der Waals surface area contributed by atoms with E-state index in [0.717, 1.165) is 40.7 Å². The van der Waals surface area contributed by atoms with Crippen LogP contribution in [0.4, 0.5) is 11.4 Å². The first kappa shape index (κ1) is 38.6. The second-order valence-electron chi connectivity index (χ2n) is 16.1. The molecule has 1 atom stereocenters. The van der Waals surface area contributed by atoms with Gasteiger partial charge in [-0.25, -0.2) is 0 Å². The molecule has 2 heterocycles. The van der Waals surface area contributed by atoms with Crippen molar-refractivity contribution in [3.63, 3.8) is 0 Å². The largest absolute Gasteiger partial charge is 0.363 e. The Morgan fingerprint density at radius 1 is 0.741 bits per heavy atom. The lowest BCUT2D eigenvalue weighted by molar-refractivity contribution is 0.457. The molecule has 0 spiro atoms. The Kier molecular flexibility index (Phi) is 10.3. The van der Waals surface area contributed by atoms with E-state index < -0.39 is 20.2 Å². The predicted molar refractivity (Wildman–Crippen MR) is 222 cm³/mol. The number of benzene rings is 4. The van der Waals surface area contributed by atoms with E-state index in [1.165, 1.54) is 38.6 Å². The summed E-state index contributed by atoms with van der Waals surface area (Å²) in [5.41, 5.74) is 10.4. The fourth-order valence-electron chi connectivity index (χ4n) is 9.64. The summed E-state index contributed by atoms with van der Waals surface area (Å²) in [7, 11) is -8.11. The summed E-state index contributed by atoms with van der Waals surface area (Å²) in [6, 6.07) is 25.4. The molecule has 0 amide bonds. The van der Waals surface area contributed by atoms with Crippen LogP contribution in [0, 0.1) is 0 Å². The van der Waals surface area contributed by atoms with E-state index >= 15 is 0 Å². The Balaban J connectivity index is 1.31. The molecule has 8 nitrogen and oxygen atoms in total. The Bertz CT molecular complexity index is 2450. The first-order valence-electron chi connectivity index (χ1n) is 18.8. The van der Waals surface area contributed by atoms with Crippen molar-refractivity contribution in [2.45, 2.75) is 83.1 Å². The van der Waals surface area contributed by atoms with Crippen LogP contribution < -0.4 is 9.80 Å². The number of allylic oxidation sites excluding steroid dienone is 3. The van der Waals surface area contributed by atoms with Crippen LogP contribution in [0.1, 0.15) is 77.3 Å². The summed E-state index contributed by atoms with van der Waals surface area (Å²) in [5, 5.41) is 4.71. The third-order valence-corrected chi connectivity index (χ3v) is 13.6. The zero-order valence-corrected chi connectivity index (χ0v) is 33.7. The second-order valence-corrected chi connectivity index (χ2v) is 19.4. The van der Waals surface area contributed by atoms with E-state index in [0.29, 0.717) is 38.8 Å². The number of fused-ring (bicyclic) bond motifs is 6. The smallest absolute Gasteiger partial charge is 0.264 e. The molecule has 4 aromatic carbocycles. The Morgan fingerprint density at radius 2 is 1.30 bits per heavy atom. The van der Waals surface area contributed by atoms with Crippen LogP contribution in [0.15, 0.2) is 107 Å². The number of hydrogen-bond acceptors (Lipinski definition) is 6. The monoisotopic (exact) mass is 788 g/mol. The molecule has 1 aliphatic carbocycles. The first-order chi connectivity index (χ1) is 25.5. The van der Waals surface area contributed by atoms with Crippen LogP contribution in [0.25, 0.3) is 21.5 Å². The van der Waals surface area contributed by atoms with E-state index in [9.17, 15) is 25.9 Å². The zero-order valence-electron chi connectivity index (χ0n) is 31.3. The van der Waals surface area contributed by atoms with E-state index in [4.69, 9.17) is 11.6 Å². The molecule has 0 bridgehead atoms. The molecule has 7 rings (SSSR count). The minimum absolute atomic E-state index is 0.133. The van der Waals surface area contributed by atoms with Gasteiger partial charge in [0.1, 0.15) is 0 Å². The lowest BCUT2D eigenvalue weighted by atomic mass is 9.74. The molecule has 54 heavy (non-hydrogen) atoms. The molecule has 0 radical (unpaired) electrons. The zero-order chi connectivity index (χ0) is 38.6. The van der Waals surface area contributed by atoms with Crippen LogP contribution in [0.3, 0.4) is 0 Å². The molecule has 0 aromatic heterocycles. The summed E-state index contributed by atoms with van der Waals surface area (Å²) in [6.45, 7) is 10.3. The third kappa shape index (κ3) is 7.12. The van der Waals surface area contributed by atoms with Gasteiger partial charge < -0.3 is 9.80 Å². The fraction of sp³-hybridized carbons (Fsp3) is 0.395. The average Bonchev–Trinajstić information content (AvgIpc) is 3.74. The molecule has 0 saturated heterocycles. The van der Waals surface area contributed by atoms with Gasteiger partial charge in [-0.05, 0) is 100 Å². The van der Waals surface area contributed by atoms with Crippen LogP contribution in [0.2, 0.25) is 0 Å². The molecular formula is C43H49ClN2O6S2. The highest BCUT2D eigenvalue weighted by Gasteiger charge is 2.49. The number of unbranched alkanes of at least 4 members (excludes halogenated alkanes) is 2. The maximum absolute atomic E-state index is 11.6. The first-order valence-corrected chi connectivity index (χ1v) is 22.4. The molecule has 0 fully saturated rings. The minimum Gasteiger partial charge on any atom is -0.363 e. The lowest BCUT2D eigenvalue weighted by Gasteiger charge is -2.37. The normalized spacial score (nSPS) is 20.9. The van der Waals surface area contributed by atoms with Crippen molar-refractivity contribution in [3.8, 4) is 0 Å². The maximum atomic E-state index is 11.6. The van der Waals surface area contributed by atoms with Gasteiger partial charge in [0.2, 0.25) is 0 Å². The highest BCUT2D eigenvalue weighted by Crippen LogP contribution is 2.55. The third-order valence-electron chi connectivity index (χ3n) is 11.7. The highest BCUT2D eigenvalue weighted by molar-refractivity contribution is 7.86.